The second-order valence-corrected chi connectivity index (χ2v) is 4.44. The van der Waals surface area contributed by atoms with Gasteiger partial charge in [-0.15, -0.1) is 0 Å². The molecule has 0 radical (unpaired) electrons. The summed E-state index contributed by atoms with van der Waals surface area (Å²) in [5.41, 5.74) is 0. The molecule has 2 N–H and O–H groups in total. The number of nitrogens with one attached hydrogen (secondary N) is 2. The van der Waals surface area contributed by atoms with E-state index in [0.29, 0.717) is 0 Å². The molecule has 1 heterocycles. The van der Waals surface area contributed by atoms with Gasteiger partial charge in [0.2, 0.25) is 0 Å². The fourth-order valence-corrected chi connectivity index (χ4v) is 1.78. The molecule has 0 aliphatic heterocycles. The predicted molar refractivity (Wildman–Crippen MR) is 65.7 cm³/mol. The molecule has 0 atom stereocenters. The van der Waals surface area contributed by atoms with Crippen molar-refractivity contribution in [3.8, 4) is 0 Å². The normalized spacial score (nSPS) is 10.8. The van der Waals surface area contributed by atoms with Crippen LogP contribution in [0.5, 0.6) is 0 Å². The molecule has 6 heteroatoms. The Bertz CT molecular complexity index is 243. The highest BCUT2D eigenvalue weighted by atomic mass is 32.2. The van der Waals surface area contributed by atoms with E-state index in [4.69, 9.17) is 4.74 Å². The third-order valence-electron chi connectivity index (χ3n) is 1.98. The summed E-state index contributed by atoms with van der Waals surface area (Å²) in [7, 11) is 0. The van der Waals surface area contributed by atoms with Gasteiger partial charge in [0.15, 0.2) is 5.16 Å². The summed E-state index contributed by atoms with van der Waals surface area (Å²) in [4.78, 5) is 4.03. The van der Waals surface area contributed by atoms with E-state index in [9.17, 15) is 0 Å². The van der Waals surface area contributed by atoms with Crippen molar-refractivity contribution in [2.45, 2.75) is 24.9 Å². The molecule has 1 aromatic rings. The van der Waals surface area contributed by atoms with Gasteiger partial charge in [-0.05, 0) is 6.42 Å². The van der Waals surface area contributed by atoms with Gasteiger partial charge in [-0.3, -0.25) is 5.10 Å². The average Bonchev–Trinajstić information content (AvgIpc) is 2.80. The van der Waals surface area contributed by atoms with E-state index in [-0.39, 0.29) is 0 Å². The summed E-state index contributed by atoms with van der Waals surface area (Å²) in [6.45, 7) is 5.73. The van der Waals surface area contributed by atoms with Crippen molar-refractivity contribution in [3.05, 3.63) is 6.33 Å². The molecule has 1 aromatic heterocycles. The number of rotatable bonds is 10. The van der Waals surface area contributed by atoms with Crippen LogP contribution in [0.2, 0.25) is 0 Å². The van der Waals surface area contributed by atoms with Crippen LogP contribution < -0.4 is 5.32 Å². The Morgan fingerprint density at radius 3 is 3.12 bits per heavy atom. The molecule has 1 rings (SSSR count). The second kappa shape index (κ2) is 9.62. The molecule has 5 nitrogen and oxygen atoms in total. The van der Waals surface area contributed by atoms with E-state index in [1.807, 2.05) is 0 Å². The molecule has 0 saturated heterocycles. The molecule has 92 valence electrons. The SMILES string of the molecule is CCCCOCCNCCSc1ncn[nH]1. The number of hydrogen-bond acceptors (Lipinski definition) is 5. The maximum Gasteiger partial charge on any atom is 0.183 e. The molecular weight excluding hydrogens is 224 g/mol. The monoisotopic (exact) mass is 244 g/mol. The highest BCUT2D eigenvalue weighted by Gasteiger charge is 1.95. The number of ether oxygens (including phenoxy) is 1. The Kier molecular flexibility index (Phi) is 8.10. The third-order valence-corrected chi connectivity index (χ3v) is 2.85. The predicted octanol–water partition coefficient (Wildman–Crippen LogP) is 1.30. The minimum absolute atomic E-state index is 0.799. The molecule has 0 spiro atoms. The third kappa shape index (κ3) is 6.81. The van der Waals surface area contributed by atoms with Crippen molar-refractivity contribution in [1.82, 2.24) is 20.5 Å². The summed E-state index contributed by atoms with van der Waals surface area (Å²) in [6, 6.07) is 0. The summed E-state index contributed by atoms with van der Waals surface area (Å²) in [5, 5.41) is 10.8. The number of aromatic amines is 1. The first-order valence-corrected chi connectivity index (χ1v) is 6.68. The molecule has 0 aliphatic carbocycles. The molecule has 16 heavy (non-hydrogen) atoms. The van der Waals surface area contributed by atoms with Gasteiger partial charge in [0.1, 0.15) is 6.33 Å². The standard InChI is InChI=1S/C10H20N4OS/c1-2-3-6-15-7-4-11-5-8-16-10-12-9-13-14-10/h9,11H,2-8H2,1H3,(H,12,13,14). The molecule has 0 bridgehead atoms. The lowest BCUT2D eigenvalue weighted by atomic mass is 10.4. The minimum Gasteiger partial charge on any atom is -0.380 e. The number of aromatic nitrogens is 3. The summed E-state index contributed by atoms with van der Waals surface area (Å²) >= 11 is 1.67. The van der Waals surface area contributed by atoms with Crippen LogP contribution in [-0.4, -0.2) is 47.2 Å². The molecule has 0 amide bonds. The van der Waals surface area contributed by atoms with Gasteiger partial charge < -0.3 is 10.1 Å². The van der Waals surface area contributed by atoms with Crippen LogP contribution in [0.15, 0.2) is 11.5 Å². The highest BCUT2D eigenvalue weighted by Crippen LogP contribution is 2.08. The second-order valence-electron chi connectivity index (χ2n) is 3.36. The zero-order valence-electron chi connectivity index (χ0n) is 9.74. The van der Waals surface area contributed by atoms with Crippen LogP contribution in [0, 0.1) is 0 Å². The zero-order valence-corrected chi connectivity index (χ0v) is 10.6. The number of unbranched alkanes of at least 4 members (excludes halogenated alkanes) is 1. The Morgan fingerprint density at radius 2 is 2.38 bits per heavy atom. The van der Waals surface area contributed by atoms with Crippen LogP contribution in [-0.2, 0) is 4.74 Å². The molecule has 0 aliphatic rings. The van der Waals surface area contributed by atoms with Crippen molar-refractivity contribution in [2.24, 2.45) is 0 Å². The van der Waals surface area contributed by atoms with E-state index in [1.54, 1.807) is 11.8 Å². The van der Waals surface area contributed by atoms with Crippen molar-refractivity contribution < 1.29 is 4.74 Å². The quantitative estimate of drug-likeness (QED) is 0.480. The largest absolute Gasteiger partial charge is 0.380 e. The topological polar surface area (TPSA) is 62.8 Å². The number of hydrogen-bond donors (Lipinski definition) is 2. The molecule has 0 aromatic carbocycles. The first-order chi connectivity index (χ1) is 7.93. The van der Waals surface area contributed by atoms with E-state index in [1.165, 1.54) is 12.7 Å². The number of nitrogens with zero attached hydrogens (tertiary/aromatic N) is 2. The summed E-state index contributed by atoms with van der Waals surface area (Å²) in [6.07, 6.45) is 3.87. The lowest BCUT2D eigenvalue weighted by molar-refractivity contribution is 0.133. The van der Waals surface area contributed by atoms with Crippen LogP contribution in [0.25, 0.3) is 0 Å². The van der Waals surface area contributed by atoms with Gasteiger partial charge in [-0.1, -0.05) is 25.1 Å². The Balaban J connectivity index is 1.78. The van der Waals surface area contributed by atoms with Gasteiger partial charge in [-0.25, -0.2) is 4.98 Å². The average molecular weight is 244 g/mol. The zero-order chi connectivity index (χ0) is 11.5. The lowest BCUT2D eigenvalue weighted by Gasteiger charge is -2.04. The van der Waals surface area contributed by atoms with E-state index in [0.717, 1.165) is 43.6 Å². The lowest BCUT2D eigenvalue weighted by Crippen LogP contribution is -2.22. The minimum atomic E-state index is 0.799. The van der Waals surface area contributed by atoms with Crippen molar-refractivity contribution in [2.75, 3.05) is 32.1 Å². The van der Waals surface area contributed by atoms with E-state index < -0.39 is 0 Å². The first kappa shape index (κ1) is 13.5. The summed E-state index contributed by atoms with van der Waals surface area (Å²) in [5.74, 6) is 0.990. The van der Waals surface area contributed by atoms with Gasteiger partial charge in [-0.2, -0.15) is 5.10 Å². The van der Waals surface area contributed by atoms with Gasteiger partial charge >= 0.3 is 0 Å². The van der Waals surface area contributed by atoms with Gasteiger partial charge in [0.25, 0.3) is 0 Å². The molecule has 0 fully saturated rings. The molecule has 0 unspecified atom stereocenters. The number of thioether (sulfide) groups is 1. The van der Waals surface area contributed by atoms with Gasteiger partial charge in [0.05, 0.1) is 6.61 Å². The molecule has 0 saturated carbocycles. The van der Waals surface area contributed by atoms with E-state index >= 15 is 0 Å². The smallest absolute Gasteiger partial charge is 0.183 e. The van der Waals surface area contributed by atoms with Crippen molar-refractivity contribution in [1.29, 1.82) is 0 Å². The van der Waals surface area contributed by atoms with Crippen LogP contribution >= 0.6 is 11.8 Å². The molecular formula is C10H20N4OS. The Morgan fingerprint density at radius 1 is 1.44 bits per heavy atom. The van der Waals surface area contributed by atoms with E-state index in [2.05, 4.69) is 27.4 Å². The fourth-order valence-electron chi connectivity index (χ4n) is 1.10. The maximum absolute atomic E-state index is 5.43. The summed E-state index contributed by atoms with van der Waals surface area (Å²) < 4.78 is 5.43. The van der Waals surface area contributed by atoms with Crippen molar-refractivity contribution in [3.63, 3.8) is 0 Å². The van der Waals surface area contributed by atoms with Crippen LogP contribution in [0.4, 0.5) is 0 Å². The van der Waals surface area contributed by atoms with Gasteiger partial charge in [0, 0.05) is 25.4 Å². The number of H-pyrrole nitrogens is 1. The van der Waals surface area contributed by atoms with Crippen molar-refractivity contribution >= 4 is 11.8 Å². The Hall–Kier alpha value is -0.590. The van der Waals surface area contributed by atoms with Crippen LogP contribution in [0.1, 0.15) is 19.8 Å². The van der Waals surface area contributed by atoms with Crippen LogP contribution in [0.3, 0.4) is 0 Å². The maximum atomic E-state index is 5.43. The fraction of sp³-hybridized carbons (Fsp3) is 0.800. The Labute approximate surface area is 101 Å². The highest BCUT2D eigenvalue weighted by molar-refractivity contribution is 7.99. The first-order valence-electron chi connectivity index (χ1n) is 5.70.